The fourth-order valence-corrected chi connectivity index (χ4v) is 2.60. The lowest BCUT2D eigenvalue weighted by Crippen LogP contribution is -2.42. The number of urea groups is 1. The summed E-state index contributed by atoms with van der Waals surface area (Å²) in [6.45, 7) is 6.05. The molecule has 26 heavy (non-hydrogen) atoms. The van der Waals surface area contributed by atoms with Gasteiger partial charge in [0.25, 0.3) is 0 Å². The van der Waals surface area contributed by atoms with E-state index in [1.165, 1.54) is 12.1 Å². The largest absolute Gasteiger partial charge is 0.348 e. The van der Waals surface area contributed by atoms with Crippen LogP contribution in [0.15, 0.2) is 42.5 Å². The van der Waals surface area contributed by atoms with Crippen molar-refractivity contribution in [2.24, 2.45) is 0 Å². The highest BCUT2D eigenvalue weighted by Gasteiger charge is 2.12. The molecular weight excluding hydrogens is 333 g/mol. The first kappa shape index (κ1) is 19.4. The predicted molar refractivity (Wildman–Crippen MR) is 99.1 cm³/mol. The number of hydrogen-bond donors (Lipinski definition) is 3. The van der Waals surface area contributed by atoms with E-state index in [0.717, 1.165) is 22.3 Å². The smallest absolute Gasteiger partial charge is 0.315 e. The van der Waals surface area contributed by atoms with Crippen LogP contribution >= 0.6 is 0 Å². The van der Waals surface area contributed by atoms with E-state index in [1.54, 1.807) is 12.1 Å². The minimum atomic E-state index is -0.455. The summed E-state index contributed by atoms with van der Waals surface area (Å²) in [5, 5.41) is 8.01. The second kappa shape index (κ2) is 8.99. The first-order valence-electron chi connectivity index (χ1n) is 8.48. The van der Waals surface area contributed by atoms with Crippen molar-refractivity contribution in [1.82, 2.24) is 16.0 Å². The number of carbonyl (C=O) groups is 2. The summed E-state index contributed by atoms with van der Waals surface area (Å²) < 4.78 is 12.8. The molecular formula is C20H24FN3O2. The maximum absolute atomic E-state index is 12.8. The standard InChI is InChI=1S/C20H24FN3O2/c1-13-4-5-14(2)18(10-13)15(3)24-19(25)12-23-20(26)22-11-16-6-8-17(21)9-7-16/h4-10,15H,11-12H2,1-3H3,(H,24,25)(H2,22,23,26). The topological polar surface area (TPSA) is 70.2 Å². The van der Waals surface area contributed by atoms with E-state index in [0.29, 0.717) is 0 Å². The molecule has 0 saturated heterocycles. The van der Waals surface area contributed by atoms with Gasteiger partial charge in [-0.2, -0.15) is 0 Å². The van der Waals surface area contributed by atoms with Crippen molar-refractivity contribution in [2.45, 2.75) is 33.4 Å². The summed E-state index contributed by atoms with van der Waals surface area (Å²) >= 11 is 0. The quantitative estimate of drug-likeness (QED) is 0.743. The Morgan fingerprint density at radius 3 is 2.42 bits per heavy atom. The van der Waals surface area contributed by atoms with Gasteiger partial charge >= 0.3 is 6.03 Å². The van der Waals surface area contributed by atoms with Crippen molar-refractivity contribution in [3.8, 4) is 0 Å². The van der Waals surface area contributed by atoms with Gasteiger partial charge < -0.3 is 16.0 Å². The molecule has 0 aliphatic carbocycles. The number of benzene rings is 2. The molecule has 0 heterocycles. The predicted octanol–water partition coefficient (Wildman–Crippen LogP) is 3.12. The summed E-state index contributed by atoms with van der Waals surface area (Å²) in [6, 6.07) is 11.3. The van der Waals surface area contributed by atoms with E-state index in [9.17, 15) is 14.0 Å². The lowest BCUT2D eigenvalue weighted by atomic mass is 10.00. The Morgan fingerprint density at radius 1 is 1.04 bits per heavy atom. The minimum absolute atomic E-state index is 0.121. The molecule has 138 valence electrons. The average Bonchev–Trinajstić information content (AvgIpc) is 2.61. The number of rotatable bonds is 6. The first-order chi connectivity index (χ1) is 12.3. The van der Waals surface area contributed by atoms with Crippen LogP contribution in [0.1, 0.15) is 35.2 Å². The van der Waals surface area contributed by atoms with Crippen molar-refractivity contribution < 1.29 is 14.0 Å². The molecule has 0 spiro atoms. The molecule has 0 aromatic heterocycles. The summed E-state index contributed by atoms with van der Waals surface area (Å²) in [6.07, 6.45) is 0. The van der Waals surface area contributed by atoms with Gasteiger partial charge in [0.2, 0.25) is 5.91 Å². The SMILES string of the molecule is Cc1ccc(C)c(C(C)NC(=O)CNC(=O)NCc2ccc(F)cc2)c1. The summed E-state index contributed by atoms with van der Waals surface area (Å²) in [7, 11) is 0. The Labute approximate surface area is 153 Å². The average molecular weight is 357 g/mol. The van der Waals surface area contributed by atoms with E-state index in [2.05, 4.69) is 16.0 Å². The zero-order valence-electron chi connectivity index (χ0n) is 15.2. The Hall–Kier alpha value is -2.89. The number of aryl methyl sites for hydroxylation is 2. The molecule has 3 N–H and O–H groups in total. The maximum Gasteiger partial charge on any atom is 0.315 e. The van der Waals surface area contributed by atoms with Crippen LogP contribution in [-0.2, 0) is 11.3 Å². The highest BCUT2D eigenvalue weighted by molar-refractivity contribution is 5.84. The molecule has 3 amide bonds. The van der Waals surface area contributed by atoms with Crippen molar-refractivity contribution in [3.63, 3.8) is 0 Å². The van der Waals surface area contributed by atoms with Crippen molar-refractivity contribution in [2.75, 3.05) is 6.54 Å². The van der Waals surface area contributed by atoms with E-state index in [-0.39, 0.29) is 30.9 Å². The Bertz CT molecular complexity index is 775. The molecule has 2 rings (SSSR count). The fraction of sp³-hybridized carbons (Fsp3) is 0.300. The van der Waals surface area contributed by atoms with Gasteiger partial charge in [-0.3, -0.25) is 4.79 Å². The normalized spacial score (nSPS) is 11.5. The van der Waals surface area contributed by atoms with Crippen LogP contribution in [0.25, 0.3) is 0 Å². The van der Waals surface area contributed by atoms with Crippen LogP contribution in [0.5, 0.6) is 0 Å². The van der Waals surface area contributed by atoms with Gasteiger partial charge in [0, 0.05) is 6.54 Å². The molecule has 2 aromatic carbocycles. The van der Waals surface area contributed by atoms with Gasteiger partial charge in [-0.15, -0.1) is 0 Å². The van der Waals surface area contributed by atoms with E-state index in [4.69, 9.17) is 0 Å². The lowest BCUT2D eigenvalue weighted by molar-refractivity contribution is -0.120. The Balaban J connectivity index is 1.76. The molecule has 2 aromatic rings. The van der Waals surface area contributed by atoms with E-state index >= 15 is 0 Å². The van der Waals surface area contributed by atoms with Gasteiger partial charge in [0.15, 0.2) is 0 Å². The van der Waals surface area contributed by atoms with Crippen LogP contribution in [0, 0.1) is 19.7 Å². The number of nitrogens with one attached hydrogen (secondary N) is 3. The molecule has 6 heteroatoms. The highest BCUT2D eigenvalue weighted by Crippen LogP contribution is 2.18. The number of amides is 3. The first-order valence-corrected chi connectivity index (χ1v) is 8.48. The van der Waals surface area contributed by atoms with Gasteiger partial charge in [0.1, 0.15) is 5.82 Å². The number of halogens is 1. The number of hydrogen-bond acceptors (Lipinski definition) is 2. The second-order valence-electron chi connectivity index (χ2n) is 6.31. The van der Waals surface area contributed by atoms with Gasteiger partial charge in [0.05, 0.1) is 12.6 Å². The third kappa shape index (κ3) is 5.88. The molecule has 0 aliphatic rings. The van der Waals surface area contributed by atoms with Crippen LogP contribution < -0.4 is 16.0 Å². The molecule has 0 bridgehead atoms. The zero-order chi connectivity index (χ0) is 19.1. The molecule has 5 nitrogen and oxygen atoms in total. The van der Waals surface area contributed by atoms with Gasteiger partial charge in [-0.25, -0.2) is 9.18 Å². The van der Waals surface area contributed by atoms with Crippen molar-refractivity contribution in [1.29, 1.82) is 0 Å². The molecule has 0 fully saturated rings. The Kier molecular flexibility index (Phi) is 6.72. The summed E-state index contributed by atoms with van der Waals surface area (Å²) in [5.41, 5.74) is 4.06. The van der Waals surface area contributed by atoms with Crippen molar-refractivity contribution in [3.05, 3.63) is 70.5 Å². The van der Waals surface area contributed by atoms with E-state index < -0.39 is 6.03 Å². The van der Waals surface area contributed by atoms with Crippen molar-refractivity contribution >= 4 is 11.9 Å². The lowest BCUT2D eigenvalue weighted by Gasteiger charge is -2.17. The van der Waals surface area contributed by atoms with Crippen LogP contribution in [-0.4, -0.2) is 18.5 Å². The van der Waals surface area contributed by atoms with Crippen LogP contribution in [0.3, 0.4) is 0 Å². The second-order valence-corrected chi connectivity index (χ2v) is 6.31. The van der Waals surface area contributed by atoms with Crippen LogP contribution in [0.2, 0.25) is 0 Å². The molecule has 1 atom stereocenters. The monoisotopic (exact) mass is 357 g/mol. The third-order valence-electron chi connectivity index (χ3n) is 4.05. The fourth-order valence-electron chi connectivity index (χ4n) is 2.60. The van der Waals surface area contributed by atoms with E-state index in [1.807, 2.05) is 39.0 Å². The van der Waals surface area contributed by atoms with Gasteiger partial charge in [-0.1, -0.05) is 35.9 Å². The minimum Gasteiger partial charge on any atom is -0.348 e. The molecule has 0 saturated carbocycles. The summed E-state index contributed by atoms with van der Waals surface area (Å²) in [4.78, 5) is 23.8. The van der Waals surface area contributed by atoms with Crippen LogP contribution in [0.4, 0.5) is 9.18 Å². The maximum atomic E-state index is 12.8. The van der Waals surface area contributed by atoms with Gasteiger partial charge in [-0.05, 0) is 49.6 Å². The summed E-state index contributed by atoms with van der Waals surface area (Å²) in [5.74, 6) is -0.594. The zero-order valence-corrected chi connectivity index (χ0v) is 15.2. The molecule has 0 radical (unpaired) electrons. The number of carbonyl (C=O) groups excluding carboxylic acids is 2. The third-order valence-corrected chi connectivity index (χ3v) is 4.05. The Morgan fingerprint density at radius 2 is 1.73 bits per heavy atom. The molecule has 0 aliphatic heterocycles. The highest BCUT2D eigenvalue weighted by atomic mass is 19.1. The molecule has 1 unspecified atom stereocenters.